The fourth-order valence-corrected chi connectivity index (χ4v) is 3.97. The summed E-state index contributed by atoms with van der Waals surface area (Å²) in [6, 6.07) is 14.5. The predicted octanol–water partition coefficient (Wildman–Crippen LogP) is 5.26. The van der Waals surface area contributed by atoms with Crippen molar-refractivity contribution in [2.24, 2.45) is 0 Å². The van der Waals surface area contributed by atoms with Gasteiger partial charge < -0.3 is 9.47 Å². The van der Waals surface area contributed by atoms with Crippen LogP contribution < -0.4 is 4.74 Å². The summed E-state index contributed by atoms with van der Waals surface area (Å²) in [5, 5.41) is 9.37. The fourth-order valence-electron chi connectivity index (χ4n) is 2.70. The van der Waals surface area contributed by atoms with E-state index in [1.807, 2.05) is 23.6 Å². The average Bonchev–Trinajstić information content (AvgIpc) is 3.10. The molecule has 0 aliphatic rings. The monoisotopic (exact) mass is 465 g/mol. The van der Waals surface area contributed by atoms with Gasteiger partial charge in [0, 0.05) is 17.3 Å². The molecule has 0 aliphatic carbocycles. The van der Waals surface area contributed by atoms with Gasteiger partial charge in [0.15, 0.2) is 22.5 Å². The SMILES string of the molecule is COCC(C)n1c(COc2ccccc2F)nnc1SCc1ccc(Br)cc1. The van der Waals surface area contributed by atoms with Crippen LogP contribution in [0.25, 0.3) is 0 Å². The molecule has 0 fully saturated rings. The summed E-state index contributed by atoms with van der Waals surface area (Å²) >= 11 is 5.04. The number of aromatic nitrogens is 3. The molecule has 1 atom stereocenters. The van der Waals surface area contributed by atoms with Gasteiger partial charge in [-0.25, -0.2) is 4.39 Å². The average molecular weight is 466 g/mol. The van der Waals surface area contributed by atoms with Crippen molar-refractivity contribution in [1.29, 1.82) is 0 Å². The highest BCUT2D eigenvalue weighted by molar-refractivity contribution is 9.10. The molecule has 0 spiro atoms. The van der Waals surface area contributed by atoms with E-state index in [9.17, 15) is 4.39 Å². The molecular weight excluding hydrogens is 445 g/mol. The summed E-state index contributed by atoms with van der Waals surface area (Å²) in [4.78, 5) is 0. The minimum atomic E-state index is -0.400. The third kappa shape index (κ3) is 5.33. The third-order valence-corrected chi connectivity index (χ3v) is 5.60. The number of nitrogens with zero attached hydrogens (tertiary/aromatic N) is 3. The Bertz CT molecular complexity index is 905. The largest absolute Gasteiger partial charge is 0.483 e. The van der Waals surface area contributed by atoms with E-state index in [0.717, 1.165) is 15.4 Å². The molecule has 28 heavy (non-hydrogen) atoms. The molecule has 0 saturated carbocycles. The van der Waals surface area contributed by atoms with Crippen molar-refractivity contribution < 1.29 is 13.9 Å². The standard InChI is InChI=1S/C20H21BrFN3O2S/c1-14(11-26-2)25-19(12-27-18-6-4-3-5-17(18)22)23-24-20(25)28-13-15-7-9-16(21)10-8-15/h3-10,14H,11-13H2,1-2H3. The predicted molar refractivity (Wildman–Crippen MR) is 111 cm³/mol. The summed E-state index contributed by atoms with van der Waals surface area (Å²) in [7, 11) is 1.66. The molecule has 148 valence electrons. The number of rotatable bonds is 9. The lowest BCUT2D eigenvalue weighted by Gasteiger charge is -2.17. The normalized spacial score (nSPS) is 12.1. The Labute approximate surface area is 176 Å². The summed E-state index contributed by atoms with van der Waals surface area (Å²) in [6.45, 7) is 2.67. The molecule has 3 aromatic rings. The third-order valence-electron chi connectivity index (χ3n) is 4.06. The number of benzene rings is 2. The van der Waals surface area contributed by atoms with Crippen molar-refractivity contribution in [3.63, 3.8) is 0 Å². The zero-order valence-corrected chi connectivity index (χ0v) is 18.0. The maximum absolute atomic E-state index is 13.8. The molecule has 0 radical (unpaired) electrons. The maximum Gasteiger partial charge on any atom is 0.191 e. The quantitative estimate of drug-likeness (QED) is 0.403. The van der Waals surface area contributed by atoms with Crippen molar-refractivity contribution in [2.45, 2.75) is 30.5 Å². The van der Waals surface area contributed by atoms with E-state index in [1.54, 1.807) is 37.1 Å². The number of halogens is 2. The van der Waals surface area contributed by atoms with E-state index in [2.05, 4.69) is 38.3 Å². The van der Waals surface area contributed by atoms with Crippen LogP contribution in [0, 0.1) is 5.82 Å². The summed E-state index contributed by atoms with van der Waals surface area (Å²) in [5.41, 5.74) is 1.19. The van der Waals surface area contributed by atoms with Crippen LogP contribution in [0.1, 0.15) is 24.4 Å². The van der Waals surface area contributed by atoms with Crippen molar-refractivity contribution in [1.82, 2.24) is 14.8 Å². The minimum Gasteiger partial charge on any atom is -0.483 e. The molecule has 1 unspecified atom stereocenters. The van der Waals surface area contributed by atoms with Gasteiger partial charge in [0.05, 0.1) is 12.6 Å². The van der Waals surface area contributed by atoms with Gasteiger partial charge in [-0.3, -0.25) is 4.57 Å². The molecule has 0 amide bonds. The molecule has 0 N–H and O–H groups in total. The minimum absolute atomic E-state index is 0.0200. The van der Waals surface area contributed by atoms with Crippen LogP contribution in [-0.4, -0.2) is 28.5 Å². The summed E-state index contributed by atoms with van der Waals surface area (Å²) in [6.07, 6.45) is 0. The summed E-state index contributed by atoms with van der Waals surface area (Å²) < 4.78 is 27.8. The van der Waals surface area contributed by atoms with Crippen molar-refractivity contribution in [3.8, 4) is 5.75 Å². The number of para-hydroxylation sites is 1. The molecule has 2 aromatic carbocycles. The van der Waals surface area contributed by atoms with Gasteiger partial charge >= 0.3 is 0 Å². The number of hydrogen-bond acceptors (Lipinski definition) is 5. The first-order chi connectivity index (χ1) is 13.6. The van der Waals surface area contributed by atoms with Gasteiger partial charge in [0.25, 0.3) is 0 Å². The van der Waals surface area contributed by atoms with Crippen LogP contribution in [0.15, 0.2) is 58.2 Å². The van der Waals surface area contributed by atoms with E-state index in [0.29, 0.717) is 12.4 Å². The second-order valence-corrected chi connectivity index (χ2v) is 8.07. The van der Waals surface area contributed by atoms with E-state index in [1.165, 1.54) is 11.6 Å². The molecule has 3 rings (SSSR count). The Morgan fingerprint density at radius 1 is 1.14 bits per heavy atom. The highest BCUT2D eigenvalue weighted by Crippen LogP contribution is 2.27. The van der Waals surface area contributed by atoms with Crippen LogP contribution in [0.4, 0.5) is 4.39 Å². The molecule has 8 heteroatoms. The molecular formula is C20H21BrFN3O2S. The Balaban J connectivity index is 1.76. The molecule has 1 aromatic heterocycles. The van der Waals surface area contributed by atoms with Gasteiger partial charge in [-0.2, -0.15) is 0 Å². The van der Waals surface area contributed by atoms with Crippen LogP contribution in [0.3, 0.4) is 0 Å². The van der Waals surface area contributed by atoms with E-state index in [-0.39, 0.29) is 18.4 Å². The van der Waals surface area contributed by atoms with Crippen molar-refractivity contribution >= 4 is 27.7 Å². The van der Waals surface area contributed by atoms with Gasteiger partial charge in [-0.05, 0) is 36.8 Å². The van der Waals surface area contributed by atoms with Gasteiger partial charge in [0.1, 0.15) is 6.61 Å². The van der Waals surface area contributed by atoms with Crippen LogP contribution in [0.2, 0.25) is 0 Å². The second-order valence-electron chi connectivity index (χ2n) is 6.21. The van der Waals surface area contributed by atoms with E-state index in [4.69, 9.17) is 9.47 Å². The molecule has 0 saturated heterocycles. The van der Waals surface area contributed by atoms with E-state index >= 15 is 0 Å². The molecule has 5 nitrogen and oxygen atoms in total. The number of thioether (sulfide) groups is 1. The smallest absolute Gasteiger partial charge is 0.191 e. The molecule has 0 bridgehead atoms. The lowest BCUT2D eigenvalue weighted by Crippen LogP contribution is -2.16. The van der Waals surface area contributed by atoms with Crippen molar-refractivity contribution in [2.75, 3.05) is 13.7 Å². The zero-order valence-electron chi connectivity index (χ0n) is 15.6. The number of hydrogen-bond donors (Lipinski definition) is 0. The molecule has 0 aliphatic heterocycles. The first kappa shape index (κ1) is 20.8. The topological polar surface area (TPSA) is 49.2 Å². The van der Waals surface area contributed by atoms with Gasteiger partial charge in [0.2, 0.25) is 0 Å². The molecule has 1 heterocycles. The van der Waals surface area contributed by atoms with Crippen LogP contribution in [-0.2, 0) is 17.1 Å². The zero-order chi connectivity index (χ0) is 19.9. The first-order valence-corrected chi connectivity index (χ1v) is 10.5. The Hall–Kier alpha value is -1.90. The highest BCUT2D eigenvalue weighted by Gasteiger charge is 2.19. The first-order valence-electron chi connectivity index (χ1n) is 8.75. The van der Waals surface area contributed by atoms with Gasteiger partial charge in [-0.1, -0.05) is 52.0 Å². The fraction of sp³-hybridized carbons (Fsp3) is 0.300. The van der Waals surface area contributed by atoms with Crippen LogP contribution >= 0.6 is 27.7 Å². The summed E-state index contributed by atoms with van der Waals surface area (Å²) in [5.74, 6) is 1.19. The van der Waals surface area contributed by atoms with E-state index < -0.39 is 5.82 Å². The van der Waals surface area contributed by atoms with Crippen molar-refractivity contribution in [3.05, 3.63) is 70.2 Å². The second kappa shape index (κ2) is 10.0. The van der Waals surface area contributed by atoms with Crippen LogP contribution in [0.5, 0.6) is 5.75 Å². The number of methoxy groups -OCH3 is 1. The number of ether oxygens (including phenoxy) is 2. The maximum atomic E-state index is 13.8. The Morgan fingerprint density at radius 2 is 1.89 bits per heavy atom. The Kier molecular flexibility index (Phi) is 7.47. The highest BCUT2D eigenvalue weighted by atomic mass is 79.9. The Morgan fingerprint density at radius 3 is 2.61 bits per heavy atom. The van der Waals surface area contributed by atoms with Gasteiger partial charge in [-0.15, -0.1) is 10.2 Å². The lowest BCUT2D eigenvalue weighted by molar-refractivity contribution is 0.154. The lowest BCUT2D eigenvalue weighted by atomic mass is 10.2.